The average Bonchev–Trinajstić information content (AvgIpc) is 3.46. The number of likely N-dealkylation sites (N-methyl/N-ethyl adjacent to an activating group) is 1. The first-order valence-electron chi connectivity index (χ1n) is 13.9. The lowest BCUT2D eigenvalue weighted by atomic mass is 9.87. The van der Waals surface area contributed by atoms with Crippen molar-refractivity contribution in [1.29, 1.82) is 0 Å². The number of aromatic nitrogens is 2. The van der Waals surface area contributed by atoms with Gasteiger partial charge < -0.3 is 24.6 Å². The predicted molar refractivity (Wildman–Crippen MR) is 155 cm³/mol. The number of nitrogens with one attached hydrogen (secondary N) is 1. The first kappa shape index (κ1) is 30.0. The second kappa shape index (κ2) is 12.3. The molecule has 0 bridgehead atoms. The number of benzene rings is 1. The largest absolute Gasteiger partial charge is 0.497 e. The lowest BCUT2D eigenvalue weighted by Gasteiger charge is -2.35. The highest BCUT2D eigenvalue weighted by atomic mass is 19.1. The Morgan fingerprint density at radius 1 is 1.32 bits per heavy atom. The molecule has 1 N–H and O–H groups in total. The molecule has 2 heterocycles. The number of methoxy groups -OCH3 is 2. The van der Waals surface area contributed by atoms with Gasteiger partial charge in [-0.05, 0) is 69.5 Å². The minimum absolute atomic E-state index is 0.0234. The molecule has 0 saturated carbocycles. The lowest BCUT2D eigenvalue weighted by molar-refractivity contribution is 0.0772. The Hall–Kier alpha value is -3.92. The molecule has 1 aromatic carbocycles. The molecule has 1 fully saturated rings. The van der Waals surface area contributed by atoms with Gasteiger partial charge in [0, 0.05) is 38.9 Å². The second-order valence-corrected chi connectivity index (χ2v) is 10.7. The molecule has 1 aliphatic heterocycles. The molecule has 1 saturated heterocycles. The Morgan fingerprint density at radius 2 is 2.02 bits per heavy atom. The maximum Gasteiger partial charge on any atom is 0.322 e. The Balaban J connectivity index is 1.52. The lowest BCUT2D eigenvalue weighted by Crippen LogP contribution is -2.46. The van der Waals surface area contributed by atoms with Crippen LogP contribution in [0.15, 0.2) is 65.7 Å². The quantitative estimate of drug-likeness (QED) is 0.439. The van der Waals surface area contributed by atoms with Crippen LogP contribution in [0.2, 0.25) is 0 Å². The van der Waals surface area contributed by atoms with Gasteiger partial charge in [0.05, 0.1) is 41.9 Å². The standard InChI is InChI=1S/C31H40FN5O4/c1-8-36-30(39)34-28(17-20(2)25-14-13-24(40-6)18-27(25)41-7)31(36,4)15-16-35(5)29(38)26-19-33-37(21(26)3)23-11-9-22(32)10-12-23/h9-12,14,17-20,24H,8,13,15-16H2,1-7H3,(H,34,39)/b28-17-/t20-,24?,31?/m0/s1. The van der Waals surface area contributed by atoms with Crippen LogP contribution in [-0.2, 0) is 9.47 Å². The number of nitrogens with zero attached hydrogens (tertiary/aromatic N) is 4. The molecule has 220 valence electrons. The maximum atomic E-state index is 13.4. The van der Waals surface area contributed by atoms with Crippen LogP contribution in [0, 0.1) is 18.7 Å². The van der Waals surface area contributed by atoms with E-state index in [-0.39, 0.29) is 29.8 Å². The van der Waals surface area contributed by atoms with Crippen LogP contribution in [0.1, 0.15) is 49.7 Å². The monoisotopic (exact) mass is 565 g/mol. The van der Waals surface area contributed by atoms with E-state index in [1.165, 1.54) is 18.3 Å². The van der Waals surface area contributed by atoms with Gasteiger partial charge in [-0.15, -0.1) is 0 Å². The maximum absolute atomic E-state index is 13.4. The number of halogens is 1. The van der Waals surface area contributed by atoms with Crippen molar-refractivity contribution < 1.29 is 23.5 Å². The van der Waals surface area contributed by atoms with Gasteiger partial charge in [0.15, 0.2) is 0 Å². The number of ether oxygens (including phenoxy) is 2. The summed E-state index contributed by atoms with van der Waals surface area (Å²) in [4.78, 5) is 29.9. The minimum Gasteiger partial charge on any atom is -0.497 e. The third-order valence-electron chi connectivity index (χ3n) is 8.19. The molecule has 0 radical (unpaired) electrons. The topological polar surface area (TPSA) is 88.9 Å². The number of urea groups is 1. The molecular formula is C31H40FN5O4. The molecule has 9 nitrogen and oxygen atoms in total. The van der Waals surface area contributed by atoms with Crippen LogP contribution in [0.3, 0.4) is 0 Å². The van der Waals surface area contributed by atoms with Crippen LogP contribution in [-0.4, -0.2) is 77.5 Å². The van der Waals surface area contributed by atoms with E-state index in [4.69, 9.17) is 9.47 Å². The molecule has 2 aliphatic rings. The molecule has 1 aliphatic carbocycles. The van der Waals surface area contributed by atoms with Crippen molar-refractivity contribution in [3.05, 3.63) is 82.8 Å². The number of hydrogen-bond acceptors (Lipinski definition) is 5. The molecule has 10 heteroatoms. The number of hydrogen-bond donors (Lipinski definition) is 1. The zero-order chi connectivity index (χ0) is 29.9. The van der Waals surface area contributed by atoms with Gasteiger partial charge in [-0.2, -0.15) is 5.10 Å². The van der Waals surface area contributed by atoms with Gasteiger partial charge in [-0.25, -0.2) is 13.9 Å². The highest BCUT2D eigenvalue weighted by Gasteiger charge is 2.45. The van der Waals surface area contributed by atoms with Crippen molar-refractivity contribution >= 4 is 11.9 Å². The van der Waals surface area contributed by atoms with Crippen molar-refractivity contribution in [3.63, 3.8) is 0 Å². The van der Waals surface area contributed by atoms with Crippen molar-refractivity contribution in [3.8, 4) is 5.69 Å². The minimum atomic E-state index is -0.636. The van der Waals surface area contributed by atoms with Crippen LogP contribution >= 0.6 is 0 Å². The SMILES string of the molecule is CCN1C(=O)N/C(=C\[C@H](C)C2=CCC(OC)C=C2OC)C1(C)CCN(C)C(=O)c1cnn(-c2ccc(F)cc2)c1C. The van der Waals surface area contributed by atoms with Gasteiger partial charge in [-0.1, -0.05) is 19.1 Å². The van der Waals surface area contributed by atoms with Crippen LogP contribution in [0.5, 0.6) is 0 Å². The molecule has 4 rings (SSSR count). The van der Waals surface area contributed by atoms with E-state index in [9.17, 15) is 14.0 Å². The van der Waals surface area contributed by atoms with E-state index in [1.807, 2.05) is 31.7 Å². The Kier molecular flexibility index (Phi) is 9.01. The average molecular weight is 566 g/mol. The molecule has 0 spiro atoms. The fourth-order valence-electron chi connectivity index (χ4n) is 5.60. The van der Waals surface area contributed by atoms with Gasteiger partial charge in [0.25, 0.3) is 5.91 Å². The van der Waals surface area contributed by atoms with Crippen molar-refractivity contribution in [1.82, 2.24) is 24.9 Å². The Morgan fingerprint density at radius 3 is 2.66 bits per heavy atom. The van der Waals surface area contributed by atoms with Gasteiger partial charge in [0.2, 0.25) is 0 Å². The first-order valence-corrected chi connectivity index (χ1v) is 13.9. The van der Waals surface area contributed by atoms with E-state index < -0.39 is 5.54 Å². The van der Waals surface area contributed by atoms with Gasteiger partial charge in [0.1, 0.15) is 11.6 Å². The third-order valence-corrected chi connectivity index (χ3v) is 8.19. The second-order valence-electron chi connectivity index (χ2n) is 10.7. The van der Waals surface area contributed by atoms with Crippen molar-refractivity contribution in [2.45, 2.75) is 52.2 Å². The van der Waals surface area contributed by atoms with Gasteiger partial charge in [-0.3, -0.25) is 4.79 Å². The predicted octanol–water partition coefficient (Wildman–Crippen LogP) is 4.98. The number of rotatable bonds is 10. The van der Waals surface area contributed by atoms with Crippen molar-refractivity contribution in [2.75, 3.05) is 34.4 Å². The molecule has 2 aromatic rings. The fourth-order valence-corrected chi connectivity index (χ4v) is 5.60. The summed E-state index contributed by atoms with van der Waals surface area (Å²) in [6, 6.07) is 5.81. The number of amides is 3. The third kappa shape index (κ3) is 5.93. The number of carbonyl (C=O) groups excluding carboxylic acids is 2. The molecular weight excluding hydrogens is 525 g/mol. The summed E-state index contributed by atoms with van der Waals surface area (Å²) in [5.41, 5.74) is 3.03. The first-order chi connectivity index (χ1) is 19.5. The highest BCUT2D eigenvalue weighted by molar-refractivity contribution is 5.95. The van der Waals surface area contributed by atoms with Crippen LogP contribution < -0.4 is 5.32 Å². The number of allylic oxidation sites excluding steroid dienone is 2. The van der Waals surface area contributed by atoms with E-state index >= 15 is 0 Å². The van der Waals surface area contributed by atoms with Crippen LogP contribution in [0.25, 0.3) is 5.69 Å². The number of carbonyl (C=O) groups is 2. The summed E-state index contributed by atoms with van der Waals surface area (Å²) >= 11 is 0. The molecule has 3 atom stereocenters. The summed E-state index contributed by atoms with van der Waals surface area (Å²) < 4.78 is 26.1. The Bertz CT molecular complexity index is 1380. The fraction of sp³-hybridized carbons (Fsp3) is 0.452. The van der Waals surface area contributed by atoms with Gasteiger partial charge >= 0.3 is 6.03 Å². The Labute approximate surface area is 241 Å². The van der Waals surface area contributed by atoms with Crippen LogP contribution in [0.4, 0.5) is 9.18 Å². The van der Waals surface area contributed by atoms with E-state index in [0.717, 1.165) is 23.5 Å². The summed E-state index contributed by atoms with van der Waals surface area (Å²) in [6.45, 7) is 8.82. The molecule has 3 amide bonds. The van der Waals surface area contributed by atoms with E-state index in [2.05, 4.69) is 29.5 Å². The molecule has 1 aromatic heterocycles. The van der Waals surface area contributed by atoms with E-state index in [0.29, 0.717) is 36.5 Å². The van der Waals surface area contributed by atoms with Crippen molar-refractivity contribution in [2.24, 2.45) is 5.92 Å². The highest BCUT2D eigenvalue weighted by Crippen LogP contribution is 2.36. The summed E-state index contributed by atoms with van der Waals surface area (Å²) in [5.74, 6) is 0.240. The summed E-state index contributed by atoms with van der Waals surface area (Å²) in [6.07, 6.45) is 8.98. The van der Waals surface area contributed by atoms with E-state index in [1.54, 1.807) is 43.0 Å². The normalized spacial score (nSPS) is 22.3. The summed E-state index contributed by atoms with van der Waals surface area (Å²) in [5, 5.41) is 7.44. The zero-order valence-corrected chi connectivity index (χ0v) is 24.9. The molecule has 2 unspecified atom stereocenters. The zero-order valence-electron chi connectivity index (χ0n) is 24.9. The summed E-state index contributed by atoms with van der Waals surface area (Å²) in [7, 11) is 5.08. The smallest absolute Gasteiger partial charge is 0.322 e. The molecule has 41 heavy (non-hydrogen) atoms.